The fraction of sp³-hybridized carbons (Fsp3) is 0.562. The second kappa shape index (κ2) is 7.41. The van der Waals surface area contributed by atoms with Gasteiger partial charge in [-0.25, -0.2) is 0 Å². The molecule has 4 heteroatoms. The maximum atomic E-state index is 11.8. The van der Waals surface area contributed by atoms with Crippen molar-refractivity contribution >= 4 is 5.91 Å². The van der Waals surface area contributed by atoms with E-state index in [0.717, 1.165) is 19.6 Å². The highest BCUT2D eigenvalue weighted by molar-refractivity contribution is 5.76. The fourth-order valence-corrected chi connectivity index (χ4v) is 2.61. The Balaban J connectivity index is 1.70. The van der Waals surface area contributed by atoms with Gasteiger partial charge >= 0.3 is 0 Å². The summed E-state index contributed by atoms with van der Waals surface area (Å²) >= 11 is 0. The molecule has 2 N–H and O–H groups in total. The third kappa shape index (κ3) is 4.94. The van der Waals surface area contributed by atoms with Crippen LogP contribution in [-0.2, 0) is 16.0 Å². The van der Waals surface area contributed by atoms with E-state index in [1.165, 1.54) is 16.7 Å². The van der Waals surface area contributed by atoms with Crippen LogP contribution in [0.1, 0.15) is 23.1 Å². The van der Waals surface area contributed by atoms with E-state index in [0.29, 0.717) is 19.6 Å². The Morgan fingerprint density at radius 3 is 2.75 bits per heavy atom. The standard InChI is InChI=1S/C16H24N2O2/c1-12-7-13(2)9-14(8-12)3-4-18-16(19)10-15-11-20-6-5-17-15/h7-9,15,17H,3-6,10-11H2,1-2H3,(H,18,19). The molecule has 1 aromatic carbocycles. The summed E-state index contributed by atoms with van der Waals surface area (Å²) in [5, 5.41) is 6.27. The quantitative estimate of drug-likeness (QED) is 0.853. The summed E-state index contributed by atoms with van der Waals surface area (Å²) in [5.74, 6) is 0.0948. The maximum absolute atomic E-state index is 11.8. The minimum atomic E-state index is 0.0948. The smallest absolute Gasteiger partial charge is 0.221 e. The number of benzene rings is 1. The molecule has 110 valence electrons. The SMILES string of the molecule is Cc1cc(C)cc(CCNC(=O)CC2COCCN2)c1. The van der Waals surface area contributed by atoms with Crippen molar-refractivity contribution in [3.8, 4) is 0 Å². The topological polar surface area (TPSA) is 50.4 Å². The van der Waals surface area contributed by atoms with Crippen LogP contribution in [0.25, 0.3) is 0 Å². The van der Waals surface area contributed by atoms with E-state index in [-0.39, 0.29) is 11.9 Å². The van der Waals surface area contributed by atoms with E-state index in [4.69, 9.17) is 4.74 Å². The Labute approximate surface area is 120 Å². The van der Waals surface area contributed by atoms with Gasteiger partial charge in [-0.15, -0.1) is 0 Å². The number of amides is 1. The monoisotopic (exact) mass is 276 g/mol. The lowest BCUT2D eigenvalue weighted by Crippen LogP contribution is -2.44. The van der Waals surface area contributed by atoms with Gasteiger partial charge in [-0.2, -0.15) is 0 Å². The Kier molecular flexibility index (Phi) is 5.56. The molecule has 1 aromatic rings. The summed E-state index contributed by atoms with van der Waals surface area (Å²) in [5.41, 5.74) is 3.83. The molecule has 0 aromatic heterocycles. The summed E-state index contributed by atoms with van der Waals surface area (Å²) in [4.78, 5) is 11.8. The van der Waals surface area contributed by atoms with Gasteiger partial charge < -0.3 is 15.4 Å². The fourth-order valence-electron chi connectivity index (χ4n) is 2.61. The molecule has 0 aliphatic carbocycles. The van der Waals surface area contributed by atoms with Gasteiger partial charge in [0.2, 0.25) is 5.91 Å². The van der Waals surface area contributed by atoms with Crippen LogP contribution < -0.4 is 10.6 Å². The van der Waals surface area contributed by atoms with Crippen molar-refractivity contribution in [1.29, 1.82) is 0 Å². The lowest BCUT2D eigenvalue weighted by Gasteiger charge is -2.23. The highest BCUT2D eigenvalue weighted by atomic mass is 16.5. The summed E-state index contributed by atoms with van der Waals surface area (Å²) in [7, 11) is 0. The predicted octanol–water partition coefficient (Wildman–Crippen LogP) is 1.34. The van der Waals surface area contributed by atoms with E-state index >= 15 is 0 Å². The second-order valence-electron chi connectivity index (χ2n) is 5.53. The van der Waals surface area contributed by atoms with E-state index < -0.39 is 0 Å². The van der Waals surface area contributed by atoms with Crippen molar-refractivity contribution in [2.24, 2.45) is 0 Å². The average Bonchev–Trinajstić information content (AvgIpc) is 2.38. The first-order valence-electron chi connectivity index (χ1n) is 7.28. The van der Waals surface area contributed by atoms with Crippen molar-refractivity contribution in [2.75, 3.05) is 26.3 Å². The lowest BCUT2D eigenvalue weighted by atomic mass is 10.1. The molecular formula is C16H24N2O2. The minimum absolute atomic E-state index is 0.0948. The molecule has 1 saturated heterocycles. The van der Waals surface area contributed by atoms with Gasteiger partial charge in [0.25, 0.3) is 0 Å². The number of morpholine rings is 1. The van der Waals surface area contributed by atoms with Gasteiger partial charge in [-0.1, -0.05) is 29.3 Å². The average molecular weight is 276 g/mol. The first-order valence-corrected chi connectivity index (χ1v) is 7.28. The molecule has 0 spiro atoms. The largest absolute Gasteiger partial charge is 0.378 e. The number of carbonyl (C=O) groups excluding carboxylic acids is 1. The molecule has 20 heavy (non-hydrogen) atoms. The number of hydrogen-bond donors (Lipinski definition) is 2. The van der Waals surface area contributed by atoms with Crippen LogP contribution in [-0.4, -0.2) is 38.3 Å². The van der Waals surface area contributed by atoms with E-state index in [2.05, 4.69) is 42.7 Å². The zero-order chi connectivity index (χ0) is 14.4. The highest BCUT2D eigenvalue weighted by Gasteiger charge is 2.16. The predicted molar refractivity (Wildman–Crippen MR) is 79.9 cm³/mol. The van der Waals surface area contributed by atoms with Gasteiger partial charge in [0, 0.05) is 25.6 Å². The first kappa shape index (κ1) is 15.0. The summed E-state index contributed by atoms with van der Waals surface area (Å²) in [6, 6.07) is 6.67. The van der Waals surface area contributed by atoms with Crippen LogP contribution in [0.3, 0.4) is 0 Å². The van der Waals surface area contributed by atoms with Gasteiger partial charge in [0.15, 0.2) is 0 Å². The number of nitrogens with one attached hydrogen (secondary N) is 2. The molecule has 1 heterocycles. The van der Waals surface area contributed by atoms with Crippen molar-refractivity contribution in [3.63, 3.8) is 0 Å². The Bertz CT molecular complexity index is 434. The van der Waals surface area contributed by atoms with E-state index in [1.54, 1.807) is 0 Å². The first-order chi connectivity index (χ1) is 9.63. The van der Waals surface area contributed by atoms with Crippen LogP contribution in [0.4, 0.5) is 0 Å². The highest BCUT2D eigenvalue weighted by Crippen LogP contribution is 2.09. The second-order valence-corrected chi connectivity index (χ2v) is 5.53. The molecule has 1 aliphatic rings. The van der Waals surface area contributed by atoms with Crippen LogP contribution in [0.15, 0.2) is 18.2 Å². The van der Waals surface area contributed by atoms with Crippen molar-refractivity contribution in [3.05, 3.63) is 34.9 Å². The molecular weight excluding hydrogens is 252 g/mol. The molecule has 0 bridgehead atoms. The Morgan fingerprint density at radius 1 is 1.35 bits per heavy atom. The lowest BCUT2D eigenvalue weighted by molar-refractivity contribution is -0.122. The third-order valence-corrected chi connectivity index (χ3v) is 3.45. The zero-order valence-corrected chi connectivity index (χ0v) is 12.4. The van der Waals surface area contributed by atoms with Crippen molar-refractivity contribution < 1.29 is 9.53 Å². The molecule has 4 nitrogen and oxygen atoms in total. The van der Waals surface area contributed by atoms with Gasteiger partial charge in [0.1, 0.15) is 0 Å². The van der Waals surface area contributed by atoms with Gasteiger partial charge in [-0.05, 0) is 25.8 Å². The Morgan fingerprint density at radius 2 is 2.10 bits per heavy atom. The summed E-state index contributed by atoms with van der Waals surface area (Å²) in [6.07, 6.45) is 1.37. The molecule has 1 amide bonds. The molecule has 1 atom stereocenters. The molecule has 0 saturated carbocycles. The van der Waals surface area contributed by atoms with Crippen LogP contribution in [0, 0.1) is 13.8 Å². The maximum Gasteiger partial charge on any atom is 0.221 e. The molecule has 2 rings (SSSR count). The van der Waals surface area contributed by atoms with Crippen LogP contribution in [0.2, 0.25) is 0 Å². The third-order valence-electron chi connectivity index (χ3n) is 3.45. The number of aryl methyl sites for hydroxylation is 2. The molecule has 1 fully saturated rings. The number of carbonyl (C=O) groups is 1. The normalized spacial score (nSPS) is 18.8. The van der Waals surface area contributed by atoms with Crippen LogP contribution in [0.5, 0.6) is 0 Å². The zero-order valence-electron chi connectivity index (χ0n) is 12.4. The number of ether oxygens (including phenoxy) is 1. The summed E-state index contributed by atoms with van der Waals surface area (Å²) < 4.78 is 5.34. The molecule has 0 radical (unpaired) electrons. The summed E-state index contributed by atoms with van der Waals surface area (Å²) in [6.45, 7) is 7.10. The number of rotatable bonds is 5. The van der Waals surface area contributed by atoms with Crippen molar-refractivity contribution in [1.82, 2.24) is 10.6 Å². The van der Waals surface area contributed by atoms with E-state index in [9.17, 15) is 4.79 Å². The Hall–Kier alpha value is -1.39. The number of hydrogen-bond acceptors (Lipinski definition) is 3. The van der Waals surface area contributed by atoms with Gasteiger partial charge in [-0.3, -0.25) is 4.79 Å². The molecule has 1 unspecified atom stereocenters. The minimum Gasteiger partial charge on any atom is -0.378 e. The van der Waals surface area contributed by atoms with E-state index in [1.807, 2.05) is 0 Å². The van der Waals surface area contributed by atoms with Gasteiger partial charge in [0.05, 0.1) is 13.2 Å². The van der Waals surface area contributed by atoms with Crippen LogP contribution >= 0.6 is 0 Å². The molecule has 1 aliphatic heterocycles. The van der Waals surface area contributed by atoms with Crippen molar-refractivity contribution in [2.45, 2.75) is 32.7 Å².